The van der Waals surface area contributed by atoms with E-state index < -0.39 is 5.97 Å². The number of aliphatic carboxylic acids is 1. The number of nitrogens with zero attached hydrogens (tertiary/aromatic N) is 3. The number of fused-ring (bicyclic) bond motifs is 1. The molecule has 1 saturated heterocycles. The number of carboxylic acid groups (broad SMARTS) is 1. The van der Waals surface area contributed by atoms with E-state index >= 15 is 0 Å². The van der Waals surface area contributed by atoms with E-state index in [4.69, 9.17) is 10.4 Å². The van der Waals surface area contributed by atoms with Crippen LogP contribution in [0.5, 0.6) is 0 Å². The zero-order valence-corrected chi connectivity index (χ0v) is 12.8. The topological polar surface area (TPSA) is 78.9 Å². The lowest BCUT2D eigenvalue weighted by Gasteiger charge is -2.15. The van der Waals surface area contributed by atoms with Gasteiger partial charge in [-0.1, -0.05) is 11.8 Å². The summed E-state index contributed by atoms with van der Waals surface area (Å²) in [6, 6.07) is 7.89. The summed E-state index contributed by atoms with van der Waals surface area (Å²) < 4.78 is 2.11. The minimum atomic E-state index is -0.850. The molecule has 5 nitrogen and oxygen atoms in total. The van der Waals surface area contributed by atoms with Crippen LogP contribution in [0, 0.1) is 11.3 Å². The lowest BCUT2D eigenvalue weighted by molar-refractivity contribution is -0.133. The van der Waals surface area contributed by atoms with Gasteiger partial charge in [0, 0.05) is 11.8 Å². The fraction of sp³-hybridized carbons (Fsp3) is 0.357. The third kappa shape index (κ3) is 2.87. The van der Waals surface area contributed by atoms with Crippen LogP contribution in [0.25, 0.3) is 11.0 Å². The van der Waals surface area contributed by atoms with Crippen molar-refractivity contribution in [3.8, 4) is 6.07 Å². The maximum Gasteiger partial charge on any atom is 0.313 e. The van der Waals surface area contributed by atoms with Crippen molar-refractivity contribution in [2.24, 2.45) is 0 Å². The summed E-state index contributed by atoms with van der Waals surface area (Å²) in [6.45, 7) is 0. The average Bonchev–Trinajstić information content (AvgIpc) is 3.10. The van der Waals surface area contributed by atoms with Gasteiger partial charge in [0.1, 0.15) is 0 Å². The van der Waals surface area contributed by atoms with E-state index in [1.165, 1.54) is 11.8 Å². The summed E-state index contributed by atoms with van der Waals surface area (Å²) in [4.78, 5) is 15.4. The Balaban J connectivity index is 2.09. The molecule has 1 aromatic carbocycles. The number of hydrogen-bond donors (Lipinski definition) is 1. The lowest BCUT2D eigenvalue weighted by atomic mass is 10.2. The van der Waals surface area contributed by atoms with Gasteiger partial charge < -0.3 is 9.67 Å². The fourth-order valence-electron chi connectivity index (χ4n) is 2.45. The molecule has 108 valence electrons. The second-order valence-electron chi connectivity index (χ2n) is 4.78. The van der Waals surface area contributed by atoms with Gasteiger partial charge in [-0.05, 0) is 30.4 Å². The maximum atomic E-state index is 10.8. The van der Waals surface area contributed by atoms with Crippen molar-refractivity contribution in [1.29, 1.82) is 5.26 Å². The number of benzene rings is 1. The van der Waals surface area contributed by atoms with Crippen molar-refractivity contribution in [3.63, 3.8) is 0 Å². The molecule has 0 radical (unpaired) electrons. The van der Waals surface area contributed by atoms with E-state index in [-0.39, 0.29) is 5.75 Å². The third-order valence-electron chi connectivity index (χ3n) is 3.38. The SMILES string of the molecule is N#Cc1ccc2nc(SCC(=O)O)n(C3CCSC3)c2c1. The molecular weight excluding hydrogens is 306 g/mol. The number of thioether (sulfide) groups is 2. The normalized spacial score (nSPS) is 18.0. The molecule has 2 heterocycles. The van der Waals surface area contributed by atoms with Gasteiger partial charge in [-0.3, -0.25) is 4.79 Å². The number of nitriles is 1. The first kappa shape index (κ1) is 14.3. The van der Waals surface area contributed by atoms with Crippen LogP contribution in [-0.4, -0.2) is 37.9 Å². The average molecular weight is 319 g/mol. The highest BCUT2D eigenvalue weighted by molar-refractivity contribution is 8.00. The van der Waals surface area contributed by atoms with Crippen LogP contribution in [0.4, 0.5) is 0 Å². The Hall–Kier alpha value is -1.65. The molecule has 1 unspecified atom stereocenters. The summed E-state index contributed by atoms with van der Waals surface area (Å²) in [5.41, 5.74) is 2.34. The van der Waals surface area contributed by atoms with Crippen LogP contribution < -0.4 is 0 Å². The Kier molecular flexibility index (Phi) is 4.08. The number of aromatic nitrogens is 2. The first-order chi connectivity index (χ1) is 10.2. The van der Waals surface area contributed by atoms with Crippen molar-refractivity contribution in [1.82, 2.24) is 9.55 Å². The molecule has 0 aliphatic carbocycles. The Morgan fingerprint density at radius 1 is 1.62 bits per heavy atom. The molecule has 2 aromatic rings. The standard InChI is InChI=1S/C14H13N3O2S2/c15-6-9-1-2-11-12(5-9)17(10-3-4-20-7-10)14(16-11)21-8-13(18)19/h1-2,5,10H,3-4,7-8H2,(H,18,19). The van der Waals surface area contributed by atoms with E-state index in [0.29, 0.717) is 11.6 Å². The molecule has 0 spiro atoms. The molecule has 1 aliphatic heterocycles. The van der Waals surface area contributed by atoms with Gasteiger partial charge in [-0.2, -0.15) is 17.0 Å². The number of rotatable bonds is 4. The highest BCUT2D eigenvalue weighted by atomic mass is 32.2. The van der Waals surface area contributed by atoms with E-state index in [9.17, 15) is 4.79 Å². The van der Waals surface area contributed by atoms with Gasteiger partial charge in [-0.15, -0.1) is 0 Å². The molecule has 0 amide bonds. The minimum Gasteiger partial charge on any atom is -0.481 e. The second-order valence-corrected chi connectivity index (χ2v) is 6.87. The van der Waals surface area contributed by atoms with Crippen molar-refractivity contribution in [2.75, 3.05) is 17.3 Å². The quantitative estimate of drug-likeness (QED) is 0.873. The molecule has 1 fully saturated rings. The summed E-state index contributed by atoms with van der Waals surface area (Å²) >= 11 is 3.13. The highest BCUT2D eigenvalue weighted by Crippen LogP contribution is 2.35. The molecular formula is C14H13N3O2S2. The summed E-state index contributed by atoms with van der Waals surface area (Å²) in [6.07, 6.45) is 1.05. The predicted molar refractivity (Wildman–Crippen MR) is 83.8 cm³/mol. The van der Waals surface area contributed by atoms with E-state index in [2.05, 4.69) is 15.6 Å². The molecule has 1 atom stereocenters. The zero-order chi connectivity index (χ0) is 14.8. The first-order valence-electron chi connectivity index (χ1n) is 6.53. The Bertz CT molecular complexity index is 730. The van der Waals surface area contributed by atoms with Crippen LogP contribution in [0.2, 0.25) is 0 Å². The minimum absolute atomic E-state index is 0.00566. The van der Waals surface area contributed by atoms with Crippen molar-refractivity contribution in [2.45, 2.75) is 17.6 Å². The highest BCUT2D eigenvalue weighted by Gasteiger charge is 2.23. The largest absolute Gasteiger partial charge is 0.481 e. The number of hydrogen-bond acceptors (Lipinski definition) is 5. The van der Waals surface area contributed by atoms with Gasteiger partial charge in [-0.25, -0.2) is 4.98 Å². The van der Waals surface area contributed by atoms with E-state index in [0.717, 1.165) is 34.1 Å². The molecule has 1 aliphatic rings. The summed E-state index contributed by atoms with van der Waals surface area (Å²) in [5, 5.41) is 18.7. The monoisotopic (exact) mass is 319 g/mol. The third-order valence-corrected chi connectivity index (χ3v) is 5.46. The number of carboxylic acids is 1. The van der Waals surface area contributed by atoms with Crippen LogP contribution >= 0.6 is 23.5 Å². The van der Waals surface area contributed by atoms with Gasteiger partial charge in [0.15, 0.2) is 5.16 Å². The molecule has 3 rings (SSSR count). The summed E-state index contributed by atoms with van der Waals surface area (Å²) in [5.74, 6) is 1.25. The van der Waals surface area contributed by atoms with Crippen molar-refractivity contribution in [3.05, 3.63) is 23.8 Å². The Morgan fingerprint density at radius 2 is 2.48 bits per heavy atom. The van der Waals surface area contributed by atoms with Gasteiger partial charge in [0.05, 0.1) is 28.4 Å². The van der Waals surface area contributed by atoms with Gasteiger partial charge in [0.25, 0.3) is 0 Å². The van der Waals surface area contributed by atoms with Crippen molar-refractivity contribution < 1.29 is 9.90 Å². The summed E-state index contributed by atoms with van der Waals surface area (Å²) in [7, 11) is 0. The Morgan fingerprint density at radius 3 is 3.14 bits per heavy atom. The van der Waals surface area contributed by atoms with Crippen molar-refractivity contribution >= 4 is 40.5 Å². The Labute approximate surface area is 130 Å². The zero-order valence-electron chi connectivity index (χ0n) is 11.2. The first-order valence-corrected chi connectivity index (χ1v) is 8.67. The molecule has 1 N–H and O–H groups in total. The maximum absolute atomic E-state index is 10.8. The molecule has 1 aromatic heterocycles. The molecule has 7 heteroatoms. The predicted octanol–water partition coefficient (Wildman–Crippen LogP) is 2.76. The smallest absolute Gasteiger partial charge is 0.313 e. The van der Waals surface area contributed by atoms with Crippen LogP contribution in [0.15, 0.2) is 23.4 Å². The molecule has 0 saturated carbocycles. The number of imidazole rings is 1. The van der Waals surface area contributed by atoms with Crippen LogP contribution in [-0.2, 0) is 4.79 Å². The van der Waals surface area contributed by atoms with E-state index in [1.807, 2.05) is 23.9 Å². The van der Waals surface area contributed by atoms with Crippen LogP contribution in [0.1, 0.15) is 18.0 Å². The fourth-order valence-corrected chi connectivity index (χ4v) is 4.44. The van der Waals surface area contributed by atoms with Crippen LogP contribution in [0.3, 0.4) is 0 Å². The van der Waals surface area contributed by atoms with Gasteiger partial charge >= 0.3 is 5.97 Å². The van der Waals surface area contributed by atoms with E-state index in [1.54, 1.807) is 6.07 Å². The molecule has 0 bridgehead atoms. The number of carbonyl (C=O) groups is 1. The lowest BCUT2D eigenvalue weighted by Crippen LogP contribution is -2.10. The molecule has 21 heavy (non-hydrogen) atoms. The second kappa shape index (κ2) is 6.00. The van der Waals surface area contributed by atoms with Gasteiger partial charge in [0.2, 0.25) is 0 Å².